The average Bonchev–Trinajstić information content (AvgIpc) is 3.47. The number of hydrogen-bond acceptors (Lipinski definition) is 6. The lowest BCUT2D eigenvalue weighted by atomic mass is 9.96. The van der Waals surface area contributed by atoms with Crippen LogP contribution in [0.25, 0.3) is 10.9 Å². The smallest absolute Gasteiger partial charge is 0.328 e. The number of rotatable bonds is 7. The number of nitrogens with one attached hydrogen (secondary N) is 4. The minimum Gasteiger partial charge on any atom is -0.480 e. The molecule has 224 valence electrons. The zero-order valence-corrected chi connectivity index (χ0v) is 24.2. The first-order valence-electron chi connectivity index (χ1n) is 13.1. The number of carbonyl (C=O) groups is 3. The largest absolute Gasteiger partial charge is 0.480 e. The summed E-state index contributed by atoms with van der Waals surface area (Å²) in [5.74, 6) is -3.01. The maximum atomic E-state index is 13.2. The van der Waals surface area contributed by atoms with E-state index < -0.39 is 30.3 Å². The molecule has 3 aromatic carbocycles. The van der Waals surface area contributed by atoms with Crippen LogP contribution in [-0.2, 0) is 17.8 Å². The van der Waals surface area contributed by atoms with Crippen LogP contribution in [0.15, 0.2) is 59.7 Å². The molecule has 5 N–H and O–H groups in total. The van der Waals surface area contributed by atoms with Gasteiger partial charge in [-0.3, -0.25) is 20.0 Å². The van der Waals surface area contributed by atoms with Crippen molar-refractivity contribution in [1.29, 1.82) is 5.26 Å². The zero-order valence-electron chi connectivity index (χ0n) is 22.7. The molecule has 2 heterocycles. The third-order valence-corrected chi connectivity index (χ3v) is 7.64. The van der Waals surface area contributed by atoms with Crippen LogP contribution in [0.5, 0.6) is 0 Å². The van der Waals surface area contributed by atoms with Gasteiger partial charge >= 0.3 is 5.97 Å². The molecule has 15 heteroatoms. The van der Waals surface area contributed by atoms with Gasteiger partial charge in [0.2, 0.25) is 5.96 Å². The highest BCUT2D eigenvalue weighted by molar-refractivity contribution is 6.40. The summed E-state index contributed by atoms with van der Waals surface area (Å²) in [5.41, 5.74) is 2.80. The summed E-state index contributed by atoms with van der Waals surface area (Å²) in [7, 11) is 0. The van der Waals surface area contributed by atoms with E-state index in [-0.39, 0.29) is 34.0 Å². The summed E-state index contributed by atoms with van der Waals surface area (Å²) < 4.78 is 13.2. The Bertz CT molecular complexity index is 1840. The van der Waals surface area contributed by atoms with Crippen LogP contribution in [0, 0.1) is 17.3 Å². The second-order valence-electron chi connectivity index (χ2n) is 9.76. The van der Waals surface area contributed by atoms with Crippen molar-refractivity contribution >= 4 is 63.5 Å². The second kappa shape index (κ2) is 13.0. The number of nitriles is 1. The van der Waals surface area contributed by atoms with E-state index in [4.69, 9.17) is 28.5 Å². The highest BCUT2D eigenvalue weighted by Gasteiger charge is 2.29. The third-order valence-electron chi connectivity index (χ3n) is 6.92. The van der Waals surface area contributed by atoms with Gasteiger partial charge < -0.3 is 20.6 Å². The number of carbonyl (C=O) groups excluding carboxylic acids is 2. The van der Waals surface area contributed by atoms with E-state index in [1.807, 2.05) is 0 Å². The fourth-order valence-electron chi connectivity index (χ4n) is 4.72. The first-order chi connectivity index (χ1) is 21.1. The van der Waals surface area contributed by atoms with Crippen molar-refractivity contribution in [2.45, 2.75) is 19.0 Å². The Hall–Kier alpha value is -5.19. The zero-order chi connectivity index (χ0) is 31.4. The molecule has 0 saturated carbocycles. The normalized spacial score (nSPS) is 13.5. The Morgan fingerprint density at radius 3 is 2.68 bits per heavy atom. The molecule has 44 heavy (non-hydrogen) atoms. The lowest BCUT2D eigenvalue weighted by molar-refractivity contribution is -0.138. The minimum absolute atomic E-state index is 0.0168. The number of aromatic nitrogens is 2. The number of fused-ring (bicyclic) bond motifs is 2. The third kappa shape index (κ3) is 6.56. The summed E-state index contributed by atoms with van der Waals surface area (Å²) >= 11 is 13.1. The van der Waals surface area contributed by atoms with Gasteiger partial charge in [-0.1, -0.05) is 29.3 Å². The minimum atomic E-state index is -1.52. The lowest BCUT2D eigenvalue weighted by Gasteiger charge is -2.30. The molecule has 12 nitrogen and oxygen atoms in total. The lowest BCUT2D eigenvalue weighted by Crippen LogP contribution is -2.44. The van der Waals surface area contributed by atoms with Gasteiger partial charge in [-0.15, -0.1) is 0 Å². The van der Waals surface area contributed by atoms with Crippen LogP contribution in [0.2, 0.25) is 10.0 Å². The molecule has 1 atom stereocenters. The van der Waals surface area contributed by atoms with Crippen molar-refractivity contribution < 1.29 is 23.9 Å². The van der Waals surface area contributed by atoms with Crippen LogP contribution in [-0.4, -0.2) is 63.1 Å². The molecule has 0 saturated heterocycles. The van der Waals surface area contributed by atoms with Gasteiger partial charge in [0.15, 0.2) is 6.19 Å². The summed E-state index contributed by atoms with van der Waals surface area (Å²) in [6.07, 6.45) is 3.68. The highest BCUT2D eigenvalue weighted by atomic mass is 35.5. The number of nitrogens with zero attached hydrogens (tertiary/aromatic N) is 4. The summed E-state index contributed by atoms with van der Waals surface area (Å²) in [4.78, 5) is 44.1. The van der Waals surface area contributed by atoms with Gasteiger partial charge in [0.05, 0.1) is 33.9 Å². The Morgan fingerprint density at radius 2 is 1.95 bits per heavy atom. The molecule has 0 unspecified atom stereocenters. The van der Waals surface area contributed by atoms with Crippen LogP contribution >= 0.6 is 23.2 Å². The van der Waals surface area contributed by atoms with E-state index in [1.54, 1.807) is 41.6 Å². The number of aromatic amines is 1. The predicted octanol–water partition coefficient (Wildman–Crippen LogP) is 3.93. The van der Waals surface area contributed by atoms with Crippen LogP contribution < -0.4 is 16.0 Å². The maximum Gasteiger partial charge on any atom is 0.328 e. The molecule has 1 aromatic heterocycles. The number of amides is 2. The SMILES string of the molecule is N#CNC(=NC[C@H](NC(=O)c1c(Cl)cc2c(c1Cl)CCN(C(=O)c1ccc3cn[nH]c3c1)C2)C(=O)O)Nc1ccc(F)cc1. The van der Waals surface area contributed by atoms with E-state index >= 15 is 0 Å². The van der Waals surface area contributed by atoms with Gasteiger partial charge in [-0.2, -0.15) is 10.4 Å². The maximum absolute atomic E-state index is 13.2. The van der Waals surface area contributed by atoms with Gasteiger partial charge in [0.25, 0.3) is 11.8 Å². The van der Waals surface area contributed by atoms with Gasteiger partial charge in [0.1, 0.15) is 11.9 Å². The number of aliphatic imine (C=N–C) groups is 1. The number of halogens is 3. The van der Waals surface area contributed by atoms with Crippen molar-refractivity contribution in [3.8, 4) is 6.19 Å². The predicted molar refractivity (Wildman–Crippen MR) is 161 cm³/mol. The summed E-state index contributed by atoms with van der Waals surface area (Å²) in [5, 5.41) is 33.9. The number of carboxylic acid groups (broad SMARTS) is 1. The number of aliphatic carboxylic acids is 1. The molecule has 0 fully saturated rings. The molecule has 1 aliphatic heterocycles. The van der Waals surface area contributed by atoms with Crippen molar-refractivity contribution in [2.75, 3.05) is 18.4 Å². The van der Waals surface area contributed by atoms with E-state index in [2.05, 4.69) is 31.1 Å². The average molecular weight is 637 g/mol. The first-order valence-corrected chi connectivity index (χ1v) is 13.9. The van der Waals surface area contributed by atoms with E-state index in [9.17, 15) is 23.9 Å². The van der Waals surface area contributed by atoms with E-state index in [0.717, 1.165) is 10.9 Å². The molecule has 5 rings (SSSR count). The number of benzene rings is 3. The van der Waals surface area contributed by atoms with Gasteiger partial charge in [-0.05, 0) is 60.0 Å². The Morgan fingerprint density at radius 1 is 1.18 bits per heavy atom. The molecule has 0 aliphatic carbocycles. The fraction of sp³-hybridized carbons (Fsp3) is 0.172. The van der Waals surface area contributed by atoms with Crippen molar-refractivity contribution in [2.24, 2.45) is 4.99 Å². The van der Waals surface area contributed by atoms with Crippen LogP contribution in [0.1, 0.15) is 31.8 Å². The number of hydrogen-bond donors (Lipinski definition) is 5. The molecular weight excluding hydrogens is 614 g/mol. The van der Waals surface area contributed by atoms with Crippen molar-refractivity contribution in [3.63, 3.8) is 0 Å². The van der Waals surface area contributed by atoms with E-state index in [0.29, 0.717) is 35.3 Å². The number of H-pyrrole nitrogens is 1. The second-order valence-corrected chi connectivity index (χ2v) is 10.5. The molecule has 1 aliphatic rings. The molecular formula is C29H23Cl2FN8O4. The Kier molecular flexibility index (Phi) is 8.94. The topological polar surface area (TPSA) is 176 Å². The first kappa shape index (κ1) is 30.3. The van der Waals surface area contributed by atoms with Gasteiger partial charge in [-0.25, -0.2) is 14.2 Å². The van der Waals surface area contributed by atoms with Gasteiger partial charge in [0, 0.05) is 29.7 Å². The van der Waals surface area contributed by atoms with Crippen molar-refractivity contribution in [1.82, 2.24) is 25.7 Å². The highest BCUT2D eigenvalue weighted by Crippen LogP contribution is 2.35. The molecule has 0 radical (unpaired) electrons. The number of guanidine groups is 1. The molecule has 2 amide bonds. The van der Waals surface area contributed by atoms with Crippen LogP contribution in [0.3, 0.4) is 0 Å². The number of anilines is 1. The van der Waals surface area contributed by atoms with E-state index in [1.165, 1.54) is 24.3 Å². The summed E-state index contributed by atoms with van der Waals surface area (Å²) in [6.45, 7) is 0.0665. The van der Waals surface area contributed by atoms with Crippen molar-refractivity contribution in [3.05, 3.63) is 92.8 Å². The molecule has 4 aromatic rings. The molecule has 0 spiro atoms. The number of carboxylic acids is 1. The Labute approximate surface area is 259 Å². The molecule has 0 bridgehead atoms. The Balaban J connectivity index is 1.30. The van der Waals surface area contributed by atoms with Crippen LogP contribution in [0.4, 0.5) is 10.1 Å². The quantitative estimate of drug-likeness (QED) is 0.0877. The summed E-state index contributed by atoms with van der Waals surface area (Å²) in [6, 6.07) is 10.5. The standard InChI is InChI=1S/C29H23Cl2FN8O4/c30-21-9-17-13-40(27(42)15-1-2-16-11-36-39-22(16)10-15)8-7-20(17)25(31)24(21)26(41)38-23(28(43)44)12-34-29(35-14-33)37-19-5-3-18(32)4-6-19/h1-6,9-11,23H,7-8,12-13H2,(H,36,39)(H,38,41)(H,43,44)(H2,34,35,37)/t23-/m0/s1. The fourth-order valence-corrected chi connectivity index (χ4v) is 5.48. The monoisotopic (exact) mass is 636 g/mol.